The summed E-state index contributed by atoms with van der Waals surface area (Å²) in [6.07, 6.45) is 0. The Morgan fingerprint density at radius 3 is 2.59 bits per heavy atom. The zero-order valence-electron chi connectivity index (χ0n) is 10.0. The molecule has 0 unspecified atom stereocenters. The van der Waals surface area contributed by atoms with Crippen molar-refractivity contribution in [2.75, 3.05) is 12.4 Å². The van der Waals surface area contributed by atoms with E-state index in [1.165, 1.54) is 12.1 Å². The highest BCUT2D eigenvalue weighted by molar-refractivity contribution is 6.35. The minimum absolute atomic E-state index is 0.329. The highest BCUT2D eigenvalue weighted by atomic mass is 35.5. The smallest absolute Gasteiger partial charge is 0.129 e. The number of anilines is 1. The standard InChI is InChI=1S/C13H14ClFN2/c1-7(2)9-6-10-11(14)4-8(15)5-12(10)17-13(9)16-3/h4-7H,1-3H3,(H,16,17). The SMILES string of the molecule is CNc1nc2cc(F)cc(Cl)c2cc1C(C)C. The van der Waals surface area contributed by atoms with Gasteiger partial charge < -0.3 is 5.32 Å². The van der Waals surface area contributed by atoms with E-state index in [2.05, 4.69) is 24.1 Å². The molecule has 17 heavy (non-hydrogen) atoms. The summed E-state index contributed by atoms with van der Waals surface area (Å²) >= 11 is 6.03. The van der Waals surface area contributed by atoms with Crippen LogP contribution in [0.25, 0.3) is 10.9 Å². The molecule has 4 heteroatoms. The third-order valence-electron chi connectivity index (χ3n) is 2.74. The summed E-state index contributed by atoms with van der Waals surface area (Å²) in [5.74, 6) is 0.735. The number of nitrogens with zero attached hydrogens (tertiary/aromatic N) is 1. The number of nitrogens with one attached hydrogen (secondary N) is 1. The van der Waals surface area contributed by atoms with E-state index in [1.807, 2.05) is 6.07 Å². The van der Waals surface area contributed by atoms with E-state index in [4.69, 9.17) is 11.6 Å². The van der Waals surface area contributed by atoms with E-state index in [1.54, 1.807) is 7.05 Å². The van der Waals surface area contributed by atoms with Crippen molar-refractivity contribution in [3.63, 3.8) is 0 Å². The summed E-state index contributed by atoms with van der Waals surface area (Å²) in [6.45, 7) is 4.17. The van der Waals surface area contributed by atoms with Gasteiger partial charge in [-0.2, -0.15) is 0 Å². The van der Waals surface area contributed by atoms with Crippen LogP contribution in [-0.4, -0.2) is 12.0 Å². The molecule has 0 bridgehead atoms. The summed E-state index contributed by atoms with van der Waals surface area (Å²) in [6, 6.07) is 4.68. The van der Waals surface area contributed by atoms with Crippen LogP contribution in [0.15, 0.2) is 18.2 Å². The Kier molecular flexibility index (Phi) is 3.20. The molecule has 1 heterocycles. The average molecular weight is 253 g/mol. The summed E-state index contributed by atoms with van der Waals surface area (Å²) in [5.41, 5.74) is 1.65. The van der Waals surface area contributed by atoms with Crippen LogP contribution in [0.1, 0.15) is 25.3 Å². The number of hydrogen-bond donors (Lipinski definition) is 1. The van der Waals surface area contributed by atoms with E-state index in [-0.39, 0.29) is 5.82 Å². The summed E-state index contributed by atoms with van der Waals surface area (Å²) < 4.78 is 13.2. The van der Waals surface area contributed by atoms with Crippen molar-refractivity contribution in [2.45, 2.75) is 19.8 Å². The molecule has 1 N–H and O–H groups in total. The maximum atomic E-state index is 13.2. The fourth-order valence-corrected chi connectivity index (χ4v) is 2.11. The van der Waals surface area contributed by atoms with E-state index < -0.39 is 0 Å². The van der Waals surface area contributed by atoms with Crippen molar-refractivity contribution >= 4 is 28.3 Å². The van der Waals surface area contributed by atoms with Crippen LogP contribution in [0.2, 0.25) is 5.02 Å². The number of halogens is 2. The van der Waals surface area contributed by atoms with Crippen molar-refractivity contribution in [1.29, 1.82) is 0 Å². The summed E-state index contributed by atoms with van der Waals surface area (Å²) in [7, 11) is 1.81. The molecule has 0 spiro atoms. The van der Waals surface area contributed by atoms with Gasteiger partial charge >= 0.3 is 0 Å². The number of pyridine rings is 1. The van der Waals surface area contributed by atoms with Gasteiger partial charge in [0.05, 0.1) is 10.5 Å². The Balaban J connectivity index is 2.78. The predicted molar refractivity (Wildman–Crippen MR) is 70.3 cm³/mol. The van der Waals surface area contributed by atoms with Crippen molar-refractivity contribution < 1.29 is 4.39 Å². The maximum Gasteiger partial charge on any atom is 0.129 e. The molecule has 0 atom stereocenters. The molecule has 0 saturated heterocycles. The molecule has 0 aliphatic heterocycles. The van der Waals surface area contributed by atoms with Gasteiger partial charge in [0, 0.05) is 18.5 Å². The quantitative estimate of drug-likeness (QED) is 0.867. The first-order chi connectivity index (χ1) is 8.02. The molecule has 2 aromatic rings. The van der Waals surface area contributed by atoms with Gasteiger partial charge in [0.25, 0.3) is 0 Å². The molecule has 1 aromatic heterocycles. The Labute approximate surface area is 105 Å². The topological polar surface area (TPSA) is 24.9 Å². The minimum atomic E-state index is -0.366. The zero-order valence-corrected chi connectivity index (χ0v) is 10.8. The van der Waals surface area contributed by atoms with E-state index in [9.17, 15) is 4.39 Å². The molecule has 2 rings (SSSR count). The van der Waals surface area contributed by atoms with Gasteiger partial charge in [0.15, 0.2) is 0 Å². The predicted octanol–water partition coefficient (Wildman–Crippen LogP) is 4.19. The number of benzene rings is 1. The number of rotatable bonds is 2. The molecule has 1 aromatic carbocycles. The molecular weight excluding hydrogens is 239 g/mol. The first-order valence-electron chi connectivity index (χ1n) is 5.50. The van der Waals surface area contributed by atoms with Crippen LogP contribution < -0.4 is 5.32 Å². The average Bonchev–Trinajstić information content (AvgIpc) is 2.26. The van der Waals surface area contributed by atoms with Crippen LogP contribution >= 0.6 is 11.6 Å². The summed E-state index contributed by atoms with van der Waals surface area (Å²) in [4.78, 5) is 4.40. The molecule has 0 amide bonds. The minimum Gasteiger partial charge on any atom is -0.373 e. The van der Waals surface area contributed by atoms with Gasteiger partial charge in [-0.3, -0.25) is 0 Å². The maximum absolute atomic E-state index is 13.2. The van der Waals surface area contributed by atoms with Crippen LogP contribution in [0.4, 0.5) is 10.2 Å². The highest BCUT2D eigenvalue weighted by Crippen LogP contribution is 2.30. The number of fused-ring (bicyclic) bond motifs is 1. The Hall–Kier alpha value is -1.35. The van der Waals surface area contributed by atoms with Crippen LogP contribution in [0.3, 0.4) is 0 Å². The van der Waals surface area contributed by atoms with Crippen LogP contribution in [0, 0.1) is 5.82 Å². The van der Waals surface area contributed by atoms with Gasteiger partial charge in [-0.25, -0.2) is 9.37 Å². The molecule has 90 valence electrons. The summed E-state index contributed by atoms with van der Waals surface area (Å²) in [5, 5.41) is 4.22. The first kappa shape index (κ1) is 12.1. The Bertz CT molecular complexity index is 567. The normalized spacial score (nSPS) is 11.2. The van der Waals surface area contributed by atoms with Crippen LogP contribution in [0.5, 0.6) is 0 Å². The van der Waals surface area contributed by atoms with Crippen molar-refractivity contribution in [2.24, 2.45) is 0 Å². The number of hydrogen-bond acceptors (Lipinski definition) is 2. The van der Waals surface area contributed by atoms with E-state index in [0.29, 0.717) is 16.5 Å². The van der Waals surface area contributed by atoms with Crippen LogP contribution in [-0.2, 0) is 0 Å². The van der Waals surface area contributed by atoms with Crippen molar-refractivity contribution in [3.8, 4) is 0 Å². The number of aromatic nitrogens is 1. The van der Waals surface area contributed by atoms with Gasteiger partial charge in [0.1, 0.15) is 11.6 Å². The van der Waals surface area contributed by atoms with Gasteiger partial charge in [0.2, 0.25) is 0 Å². The molecule has 0 fully saturated rings. The fourth-order valence-electron chi connectivity index (χ4n) is 1.86. The lowest BCUT2D eigenvalue weighted by atomic mass is 10.0. The molecule has 2 nitrogen and oxygen atoms in total. The van der Waals surface area contributed by atoms with Gasteiger partial charge in [-0.15, -0.1) is 0 Å². The Morgan fingerprint density at radius 2 is 2.00 bits per heavy atom. The monoisotopic (exact) mass is 252 g/mol. The molecular formula is C13H14ClFN2. The zero-order chi connectivity index (χ0) is 12.6. The lowest BCUT2D eigenvalue weighted by Gasteiger charge is -2.13. The van der Waals surface area contributed by atoms with Crippen molar-refractivity contribution in [3.05, 3.63) is 34.6 Å². The van der Waals surface area contributed by atoms with E-state index >= 15 is 0 Å². The highest BCUT2D eigenvalue weighted by Gasteiger charge is 2.11. The molecule has 0 radical (unpaired) electrons. The lowest BCUT2D eigenvalue weighted by Crippen LogP contribution is -2.01. The second-order valence-corrected chi connectivity index (χ2v) is 4.69. The fraction of sp³-hybridized carbons (Fsp3) is 0.308. The first-order valence-corrected chi connectivity index (χ1v) is 5.88. The second-order valence-electron chi connectivity index (χ2n) is 4.29. The Morgan fingerprint density at radius 1 is 1.29 bits per heavy atom. The third kappa shape index (κ3) is 2.20. The molecule has 0 saturated carbocycles. The molecule has 0 aliphatic carbocycles. The molecule has 0 aliphatic rings. The van der Waals surface area contributed by atoms with Gasteiger partial charge in [-0.05, 0) is 23.6 Å². The third-order valence-corrected chi connectivity index (χ3v) is 3.05. The van der Waals surface area contributed by atoms with Crippen molar-refractivity contribution in [1.82, 2.24) is 4.98 Å². The largest absolute Gasteiger partial charge is 0.373 e. The van der Waals surface area contributed by atoms with E-state index in [0.717, 1.165) is 16.8 Å². The second kappa shape index (κ2) is 4.49. The van der Waals surface area contributed by atoms with Gasteiger partial charge in [-0.1, -0.05) is 25.4 Å². The lowest BCUT2D eigenvalue weighted by molar-refractivity contribution is 0.629.